The van der Waals surface area contributed by atoms with Gasteiger partial charge in [-0.2, -0.15) is 13.2 Å². The first kappa shape index (κ1) is 12.0. The van der Waals surface area contributed by atoms with Crippen LogP contribution in [0.25, 0.3) is 5.69 Å². The quantitative estimate of drug-likeness (QED) is 0.818. The molecule has 0 aliphatic carbocycles. The van der Waals surface area contributed by atoms with Crippen molar-refractivity contribution < 1.29 is 14.5 Å². The molecule has 0 bridgehead atoms. The van der Waals surface area contributed by atoms with E-state index in [1.54, 1.807) is 6.92 Å². The lowest BCUT2D eigenvalue weighted by atomic mass is 10.1. The molecule has 5 heteroatoms. The van der Waals surface area contributed by atoms with Gasteiger partial charge in [0, 0.05) is 19.3 Å². The zero-order chi connectivity index (χ0) is 14.9. The summed E-state index contributed by atoms with van der Waals surface area (Å²) in [7, 11) is 0. The Bertz CT molecular complexity index is 677. The first-order valence-corrected chi connectivity index (χ1v) is 5.61. The first-order chi connectivity index (χ1) is 9.29. The van der Waals surface area contributed by atoms with Gasteiger partial charge in [-0.1, -0.05) is 19.1 Å². The van der Waals surface area contributed by atoms with E-state index in [4.69, 9.17) is 1.37 Å². The van der Waals surface area contributed by atoms with E-state index in [0.29, 0.717) is 5.56 Å². The Balaban J connectivity index is 2.57. The van der Waals surface area contributed by atoms with E-state index in [2.05, 4.69) is 0 Å². The summed E-state index contributed by atoms with van der Waals surface area (Å²) in [5.74, 6) is 0. The molecule has 2 rings (SSSR count). The van der Waals surface area contributed by atoms with Crippen molar-refractivity contribution >= 4 is 0 Å². The summed E-state index contributed by atoms with van der Waals surface area (Å²) in [6.07, 6.45) is -3.62. The van der Waals surface area contributed by atoms with Crippen molar-refractivity contribution in [2.24, 2.45) is 0 Å². The fourth-order valence-corrected chi connectivity index (χ4v) is 1.71. The van der Waals surface area contributed by atoms with Crippen molar-refractivity contribution in [2.75, 3.05) is 0 Å². The average Bonchev–Trinajstić information content (AvgIpc) is 2.38. The Hall–Kier alpha value is -2.04. The third-order valence-corrected chi connectivity index (χ3v) is 2.72. The molecule has 1 unspecified atom stereocenters. The highest BCUT2D eigenvalue weighted by Crippen LogP contribution is 2.30. The van der Waals surface area contributed by atoms with Crippen molar-refractivity contribution in [2.45, 2.75) is 19.5 Å². The largest absolute Gasteiger partial charge is 0.416 e. The zero-order valence-electron chi connectivity index (χ0n) is 11.1. The number of aryl methyl sites for hydroxylation is 1. The van der Waals surface area contributed by atoms with Crippen LogP contribution in [-0.4, -0.2) is 4.57 Å². The second-order valence-corrected chi connectivity index (χ2v) is 4.01. The van der Waals surface area contributed by atoms with E-state index in [1.807, 2.05) is 0 Å². The average molecular weight is 268 g/mol. The topological polar surface area (TPSA) is 22.0 Å². The van der Waals surface area contributed by atoms with Crippen LogP contribution in [0.1, 0.15) is 19.4 Å². The van der Waals surface area contributed by atoms with Crippen LogP contribution in [0.3, 0.4) is 0 Å². The van der Waals surface area contributed by atoms with E-state index in [0.717, 1.165) is 16.7 Å². The molecule has 0 fully saturated rings. The summed E-state index contributed by atoms with van der Waals surface area (Å²) in [6, 6.07) is 7.30. The molecular weight excluding hydrogens is 255 g/mol. The first-order valence-electron chi connectivity index (χ1n) is 6.19. The summed E-state index contributed by atoms with van der Waals surface area (Å²) in [6.45, 7) is 1.62. The normalized spacial score (nSPS) is 14.0. The van der Waals surface area contributed by atoms with Gasteiger partial charge in [0.2, 0.25) is 0 Å². The lowest BCUT2D eigenvalue weighted by Crippen LogP contribution is -2.17. The molecular formula is C14H12F3NO. The van der Waals surface area contributed by atoms with Gasteiger partial charge in [0.1, 0.15) is 0 Å². The summed E-state index contributed by atoms with van der Waals surface area (Å²) in [5.41, 5.74) is -0.561. The van der Waals surface area contributed by atoms with Crippen molar-refractivity contribution in [3.05, 3.63) is 64.1 Å². The van der Waals surface area contributed by atoms with Gasteiger partial charge < -0.3 is 0 Å². The standard InChI is InChI=1S/C14H12F3NO/c1-2-10-6-7-13(19)18(9-10)12-5-3-4-11(8-12)14(15,16)17/h3-9H,2H2,1H3/i2D. The third kappa shape index (κ3) is 2.86. The smallest absolute Gasteiger partial charge is 0.284 e. The number of alkyl halides is 3. The van der Waals surface area contributed by atoms with Crippen LogP contribution >= 0.6 is 0 Å². The number of rotatable bonds is 2. The third-order valence-electron chi connectivity index (χ3n) is 2.72. The van der Waals surface area contributed by atoms with Crippen molar-refractivity contribution in [1.29, 1.82) is 0 Å². The van der Waals surface area contributed by atoms with E-state index in [9.17, 15) is 18.0 Å². The fourth-order valence-electron chi connectivity index (χ4n) is 1.71. The highest BCUT2D eigenvalue weighted by atomic mass is 19.4. The predicted octanol–water partition coefficient (Wildman–Crippen LogP) is 3.42. The lowest BCUT2D eigenvalue weighted by Gasteiger charge is -2.11. The molecule has 0 amide bonds. The molecule has 0 radical (unpaired) electrons. The fraction of sp³-hybridized carbons (Fsp3) is 0.214. The second-order valence-electron chi connectivity index (χ2n) is 4.01. The Morgan fingerprint density at radius 2 is 2.00 bits per heavy atom. The number of nitrogens with zero attached hydrogens (tertiary/aromatic N) is 1. The lowest BCUT2D eigenvalue weighted by molar-refractivity contribution is -0.137. The van der Waals surface area contributed by atoms with Gasteiger partial charge in [0.25, 0.3) is 5.56 Å². The molecule has 100 valence electrons. The van der Waals surface area contributed by atoms with Crippen molar-refractivity contribution in [3.63, 3.8) is 0 Å². The van der Waals surface area contributed by atoms with Crippen LogP contribution in [0.2, 0.25) is 0 Å². The van der Waals surface area contributed by atoms with Gasteiger partial charge in [-0.15, -0.1) is 0 Å². The number of hydrogen-bond donors (Lipinski definition) is 0. The minimum atomic E-state index is -4.46. The number of aromatic nitrogens is 1. The molecule has 2 aromatic rings. The SMILES string of the molecule is [2H]C(C)c1ccc(=O)n(-c2cccc(C(F)(F)F)c2)c1. The molecule has 0 aliphatic rings. The maximum Gasteiger partial charge on any atom is 0.416 e. The minimum Gasteiger partial charge on any atom is -0.284 e. The van der Waals surface area contributed by atoms with Crippen LogP contribution in [0, 0.1) is 0 Å². The number of hydrogen-bond acceptors (Lipinski definition) is 1. The van der Waals surface area contributed by atoms with Crippen LogP contribution in [0.5, 0.6) is 0 Å². The molecule has 1 aromatic carbocycles. The van der Waals surface area contributed by atoms with Gasteiger partial charge in [-0.05, 0) is 30.2 Å². The van der Waals surface area contributed by atoms with E-state index in [-0.39, 0.29) is 5.69 Å². The van der Waals surface area contributed by atoms with Gasteiger partial charge >= 0.3 is 6.18 Å². The van der Waals surface area contributed by atoms with E-state index >= 15 is 0 Å². The maximum absolute atomic E-state index is 12.7. The molecule has 1 aromatic heterocycles. The molecule has 0 aliphatic heterocycles. The molecule has 1 atom stereocenters. The van der Waals surface area contributed by atoms with Crippen LogP contribution in [0.15, 0.2) is 47.4 Å². The van der Waals surface area contributed by atoms with Crippen LogP contribution in [-0.2, 0) is 12.6 Å². The molecule has 2 nitrogen and oxygen atoms in total. The van der Waals surface area contributed by atoms with Crippen molar-refractivity contribution in [1.82, 2.24) is 4.57 Å². The van der Waals surface area contributed by atoms with Gasteiger partial charge in [0.05, 0.1) is 5.56 Å². The Morgan fingerprint density at radius 3 is 2.63 bits per heavy atom. The number of pyridine rings is 1. The van der Waals surface area contributed by atoms with Gasteiger partial charge in [0.15, 0.2) is 0 Å². The molecule has 19 heavy (non-hydrogen) atoms. The summed E-state index contributed by atoms with van der Waals surface area (Å²) >= 11 is 0. The van der Waals surface area contributed by atoms with E-state index in [1.165, 1.54) is 30.5 Å². The molecule has 0 saturated heterocycles. The second kappa shape index (κ2) is 4.91. The molecule has 0 saturated carbocycles. The molecule has 0 spiro atoms. The summed E-state index contributed by atoms with van der Waals surface area (Å²) < 4.78 is 46.7. The Kier molecular flexibility index (Phi) is 3.11. The summed E-state index contributed by atoms with van der Waals surface area (Å²) in [4.78, 5) is 11.8. The summed E-state index contributed by atoms with van der Waals surface area (Å²) in [5, 5.41) is 0. The Morgan fingerprint density at radius 1 is 1.26 bits per heavy atom. The molecule has 1 heterocycles. The maximum atomic E-state index is 12.7. The Labute approximate surface area is 109 Å². The number of benzene rings is 1. The number of halogens is 3. The minimum absolute atomic E-state index is 0.132. The van der Waals surface area contributed by atoms with Crippen LogP contribution in [0.4, 0.5) is 13.2 Å². The van der Waals surface area contributed by atoms with Gasteiger partial charge in [-0.25, -0.2) is 0 Å². The van der Waals surface area contributed by atoms with Gasteiger partial charge in [-0.3, -0.25) is 9.36 Å². The monoisotopic (exact) mass is 268 g/mol. The molecule has 0 N–H and O–H groups in total. The predicted molar refractivity (Wildman–Crippen MR) is 66.4 cm³/mol. The highest BCUT2D eigenvalue weighted by molar-refractivity contribution is 5.38. The van der Waals surface area contributed by atoms with Crippen molar-refractivity contribution in [3.8, 4) is 5.69 Å². The van der Waals surface area contributed by atoms with Crippen LogP contribution < -0.4 is 5.56 Å². The van der Waals surface area contributed by atoms with E-state index < -0.39 is 23.7 Å². The zero-order valence-corrected chi connectivity index (χ0v) is 10.1. The highest BCUT2D eigenvalue weighted by Gasteiger charge is 2.30.